The van der Waals surface area contributed by atoms with E-state index < -0.39 is 0 Å². The van der Waals surface area contributed by atoms with Gasteiger partial charge >= 0.3 is 0 Å². The number of carbonyl (C=O) groups excluding carboxylic acids is 2. The Kier molecular flexibility index (Phi) is 6.47. The minimum atomic E-state index is -0.368. The van der Waals surface area contributed by atoms with Gasteiger partial charge in [-0.2, -0.15) is 5.26 Å². The third-order valence-corrected chi connectivity index (χ3v) is 4.62. The van der Waals surface area contributed by atoms with E-state index in [0.29, 0.717) is 42.6 Å². The molecule has 0 saturated carbocycles. The molecule has 1 saturated heterocycles. The van der Waals surface area contributed by atoms with Gasteiger partial charge in [0.25, 0.3) is 5.91 Å². The standard InChI is InChI=1S/C18H21ClN4O3/c1-12-8-16(17(26-3)9-15(12)19)21-11-14(10-20)18(25)23-6-4-22(5-7-23)13(2)24/h8-9,11,21H,4-7H2,1-3H3/b14-11-. The molecule has 0 radical (unpaired) electrons. The van der Waals surface area contributed by atoms with E-state index in [1.807, 2.05) is 13.0 Å². The second kappa shape index (κ2) is 8.59. The van der Waals surface area contributed by atoms with Crippen molar-refractivity contribution in [3.05, 3.63) is 34.5 Å². The van der Waals surface area contributed by atoms with Gasteiger partial charge in [-0.3, -0.25) is 9.59 Å². The SMILES string of the molecule is COc1cc(Cl)c(C)cc1N/C=C(/C#N)C(=O)N1CCN(C(C)=O)CC1. The molecule has 1 aromatic rings. The molecule has 0 bridgehead atoms. The zero-order valence-corrected chi connectivity index (χ0v) is 15.8. The minimum absolute atomic E-state index is 0.0139. The molecule has 1 heterocycles. The van der Waals surface area contributed by atoms with Crippen LogP contribution in [0.15, 0.2) is 23.9 Å². The summed E-state index contributed by atoms with van der Waals surface area (Å²) in [6.07, 6.45) is 1.37. The van der Waals surface area contributed by atoms with Gasteiger partial charge in [-0.1, -0.05) is 11.6 Å². The monoisotopic (exact) mass is 376 g/mol. The Bertz CT molecular complexity index is 777. The number of nitriles is 1. The van der Waals surface area contributed by atoms with Crippen LogP contribution in [0.3, 0.4) is 0 Å². The van der Waals surface area contributed by atoms with Gasteiger partial charge in [-0.25, -0.2) is 0 Å². The maximum Gasteiger partial charge on any atom is 0.266 e. The summed E-state index contributed by atoms with van der Waals surface area (Å²) in [6.45, 7) is 5.10. The number of hydrogen-bond acceptors (Lipinski definition) is 5. The first-order valence-corrected chi connectivity index (χ1v) is 8.51. The van der Waals surface area contributed by atoms with Crippen molar-refractivity contribution in [2.45, 2.75) is 13.8 Å². The number of amides is 2. The van der Waals surface area contributed by atoms with Crippen LogP contribution in [0.2, 0.25) is 5.02 Å². The Hall–Kier alpha value is -2.72. The van der Waals surface area contributed by atoms with E-state index in [1.165, 1.54) is 20.2 Å². The lowest BCUT2D eigenvalue weighted by atomic mass is 10.2. The molecule has 0 atom stereocenters. The number of carbonyl (C=O) groups is 2. The van der Waals surface area contributed by atoms with E-state index in [4.69, 9.17) is 16.3 Å². The number of nitrogens with zero attached hydrogens (tertiary/aromatic N) is 3. The fourth-order valence-corrected chi connectivity index (χ4v) is 2.79. The number of aryl methyl sites for hydroxylation is 1. The molecule has 0 spiro atoms. The highest BCUT2D eigenvalue weighted by atomic mass is 35.5. The molecule has 0 aliphatic carbocycles. The Morgan fingerprint density at radius 2 is 1.88 bits per heavy atom. The Labute approximate surface area is 157 Å². The molecule has 138 valence electrons. The van der Waals surface area contributed by atoms with Gasteiger partial charge in [-0.15, -0.1) is 0 Å². The normalized spacial score (nSPS) is 14.7. The van der Waals surface area contributed by atoms with E-state index in [0.717, 1.165) is 5.56 Å². The number of anilines is 1. The zero-order valence-electron chi connectivity index (χ0n) is 15.0. The van der Waals surface area contributed by atoms with Crippen molar-refractivity contribution in [2.75, 3.05) is 38.6 Å². The van der Waals surface area contributed by atoms with Crippen LogP contribution in [0.5, 0.6) is 5.75 Å². The number of halogens is 1. The fourth-order valence-electron chi connectivity index (χ4n) is 2.63. The van der Waals surface area contributed by atoms with Crippen molar-refractivity contribution < 1.29 is 14.3 Å². The van der Waals surface area contributed by atoms with E-state index in [-0.39, 0.29) is 17.4 Å². The zero-order chi connectivity index (χ0) is 19.3. The molecule has 0 unspecified atom stereocenters. The molecule has 1 aromatic carbocycles. The van der Waals surface area contributed by atoms with Crippen molar-refractivity contribution in [3.8, 4) is 11.8 Å². The van der Waals surface area contributed by atoms with Crippen LogP contribution in [0.1, 0.15) is 12.5 Å². The molecular formula is C18H21ClN4O3. The maximum atomic E-state index is 12.5. The molecule has 8 heteroatoms. The highest BCUT2D eigenvalue weighted by Crippen LogP contribution is 2.31. The fraction of sp³-hybridized carbons (Fsp3) is 0.389. The van der Waals surface area contributed by atoms with Crippen LogP contribution in [0.25, 0.3) is 0 Å². The summed E-state index contributed by atoms with van der Waals surface area (Å²) in [5.74, 6) is 0.129. The largest absolute Gasteiger partial charge is 0.495 e. The first-order valence-electron chi connectivity index (χ1n) is 8.13. The second-order valence-corrected chi connectivity index (χ2v) is 6.32. The topological polar surface area (TPSA) is 85.7 Å². The van der Waals surface area contributed by atoms with Crippen LogP contribution < -0.4 is 10.1 Å². The predicted octanol–water partition coefficient (Wildman–Crippen LogP) is 2.17. The number of piperazine rings is 1. The quantitative estimate of drug-likeness (QED) is 0.643. The summed E-state index contributed by atoms with van der Waals surface area (Å²) in [7, 11) is 1.51. The molecule has 2 rings (SSSR count). The van der Waals surface area contributed by atoms with Crippen molar-refractivity contribution >= 4 is 29.1 Å². The number of hydrogen-bond donors (Lipinski definition) is 1. The summed E-state index contributed by atoms with van der Waals surface area (Å²) >= 11 is 6.08. The van der Waals surface area contributed by atoms with Crippen LogP contribution in [0.4, 0.5) is 5.69 Å². The first-order chi connectivity index (χ1) is 12.4. The number of nitrogens with one attached hydrogen (secondary N) is 1. The number of rotatable bonds is 4. The van der Waals surface area contributed by atoms with Crippen molar-refractivity contribution in [2.24, 2.45) is 0 Å². The van der Waals surface area contributed by atoms with Crippen molar-refractivity contribution in [1.82, 2.24) is 9.80 Å². The predicted molar refractivity (Wildman–Crippen MR) is 98.9 cm³/mol. The second-order valence-electron chi connectivity index (χ2n) is 5.91. The van der Waals surface area contributed by atoms with Crippen molar-refractivity contribution in [3.63, 3.8) is 0 Å². The molecule has 1 N–H and O–H groups in total. The molecule has 26 heavy (non-hydrogen) atoms. The summed E-state index contributed by atoms with van der Waals surface area (Å²) in [4.78, 5) is 27.2. The van der Waals surface area contributed by atoms with Crippen LogP contribution in [-0.4, -0.2) is 54.9 Å². The Morgan fingerprint density at radius 1 is 1.27 bits per heavy atom. The third kappa shape index (κ3) is 4.46. The number of benzene rings is 1. The lowest BCUT2D eigenvalue weighted by molar-refractivity contribution is -0.136. The molecule has 0 aromatic heterocycles. The number of methoxy groups -OCH3 is 1. The lowest BCUT2D eigenvalue weighted by Crippen LogP contribution is -2.50. The van der Waals surface area contributed by atoms with Gasteiger partial charge in [0.15, 0.2) is 0 Å². The van der Waals surface area contributed by atoms with E-state index >= 15 is 0 Å². The van der Waals surface area contributed by atoms with Crippen molar-refractivity contribution in [1.29, 1.82) is 5.26 Å². The van der Waals surface area contributed by atoms with Crippen LogP contribution in [0, 0.1) is 18.3 Å². The van der Waals surface area contributed by atoms with Crippen LogP contribution in [-0.2, 0) is 9.59 Å². The van der Waals surface area contributed by atoms with E-state index in [1.54, 1.807) is 21.9 Å². The van der Waals surface area contributed by atoms with Crippen LogP contribution >= 0.6 is 11.6 Å². The highest BCUT2D eigenvalue weighted by molar-refractivity contribution is 6.31. The molecule has 1 fully saturated rings. The van der Waals surface area contributed by atoms with Gasteiger partial charge in [0.05, 0.1) is 12.8 Å². The summed E-state index contributed by atoms with van der Waals surface area (Å²) in [6, 6.07) is 5.38. The summed E-state index contributed by atoms with van der Waals surface area (Å²) < 4.78 is 5.27. The highest BCUT2D eigenvalue weighted by Gasteiger charge is 2.24. The lowest BCUT2D eigenvalue weighted by Gasteiger charge is -2.34. The van der Waals surface area contributed by atoms with Gasteiger partial charge in [0, 0.05) is 50.4 Å². The average molecular weight is 377 g/mol. The Balaban J connectivity index is 2.11. The summed E-state index contributed by atoms with van der Waals surface area (Å²) in [5.41, 5.74) is 1.43. The molecule has 2 amide bonds. The third-order valence-electron chi connectivity index (χ3n) is 4.22. The Morgan fingerprint density at radius 3 is 2.42 bits per heavy atom. The molecule has 7 nitrogen and oxygen atoms in total. The molecular weight excluding hydrogens is 356 g/mol. The molecule has 1 aliphatic rings. The maximum absolute atomic E-state index is 12.5. The van der Waals surface area contributed by atoms with E-state index in [2.05, 4.69) is 5.32 Å². The van der Waals surface area contributed by atoms with Gasteiger partial charge in [0.2, 0.25) is 5.91 Å². The minimum Gasteiger partial charge on any atom is -0.495 e. The summed E-state index contributed by atoms with van der Waals surface area (Å²) in [5, 5.41) is 12.9. The van der Waals surface area contributed by atoms with E-state index in [9.17, 15) is 14.9 Å². The first kappa shape index (κ1) is 19.6. The number of ether oxygens (including phenoxy) is 1. The average Bonchev–Trinajstić information content (AvgIpc) is 2.64. The van der Waals surface area contributed by atoms with Gasteiger partial charge in [-0.05, 0) is 18.6 Å². The van der Waals surface area contributed by atoms with Gasteiger partial charge in [0.1, 0.15) is 17.4 Å². The van der Waals surface area contributed by atoms with Gasteiger partial charge < -0.3 is 19.9 Å². The molecule has 1 aliphatic heterocycles. The smallest absolute Gasteiger partial charge is 0.266 e.